The van der Waals surface area contributed by atoms with E-state index in [1.807, 2.05) is 0 Å². The molecule has 1 aliphatic heterocycles. The summed E-state index contributed by atoms with van der Waals surface area (Å²) in [5, 5.41) is 8.80. The lowest BCUT2D eigenvalue weighted by atomic mass is 10.1. The Hall–Kier alpha value is -3.05. The zero-order valence-corrected chi connectivity index (χ0v) is 11.2. The largest absolute Gasteiger partial charge is 0.481 e. The van der Waals surface area contributed by atoms with Gasteiger partial charge >= 0.3 is 17.7 Å². The first kappa shape index (κ1) is 14.4. The van der Waals surface area contributed by atoms with Gasteiger partial charge in [0.25, 0.3) is 0 Å². The van der Waals surface area contributed by atoms with Gasteiger partial charge in [0.1, 0.15) is 6.54 Å². The Balaban J connectivity index is 2.28. The summed E-state index contributed by atoms with van der Waals surface area (Å²) in [7, 11) is 0. The van der Waals surface area contributed by atoms with Gasteiger partial charge < -0.3 is 16.6 Å². The number of carbonyl (C=O) groups is 2. The lowest BCUT2D eigenvalue weighted by Crippen LogP contribution is -2.38. The Morgan fingerprint density at radius 2 is 2.00 bits per heavy atom. The maximum Gasteiger partial charge on any atom is 0.377 e. The quantitative estimate of drug-likeness (QED) is 0.526. The molecule has 7 heteroatoms. The van der Waals surface area contributed by atoms with Crippen LogP contribution in [0.3, 0.4) is 0 Å². The van der Waals surface area contributed by atoms with Crippen LogP contribution >= 0.6 is 0 Å². The highest BCUT2D eigenvalue weighted by Gasteiger charge is 2.30. The van der Waals surface area contributed by atoms with Gasteiger partial charge in [-0.15, -0.1) is 0 Å². The molecule has 0 atom stereocenters. The van der Waals surface area contributed by atoms with Crippen molar-refractivity contribution >= 4 is 35.3 Å². The van der Waals surface area contributed by atoms with Gasteiger partial charge in [-0.25, -0.2) is 9.46 Å². The minimum absolute atomic E-state index is 0.0233. The molecule has 0 bridgehead atoms. The van der Waals surface area contributed by atoms with Crippen molar-refractivity contribution in [3.63, 3.8) is 0 Å². The molecule has 21 heavy (non-hydrogen) atoms. The highest BCUT2D eigenvalue weighted by Crippen LogP contribution is 2.17. The second kappa shape index (κ2) is 5.94. The van der Waals surface area contributed by atoms with Crippen molar-refractivity contribution in [2.45, 2.75) is 6.42 Å². The van der Waals surface area contributed by atoms with E-state index in [9.17, 15) is 9.59 Å². The van der Waals surface area contributed by atoms with Crippen LogP contribution in [0.25, 0.3) is 0 Å². The molecule has 1 amide bonds. The van der Waals surface area contributed by atoms with Crippen LogP contribution in [0.4, 0.5) is 11.4 Å². The number of nitrogen functional groups attached to an aromatic ring is 2. The number of carbonyl (C=O) groups excluding carboxylic acids is 1. The van der Waals surface area contributed by atoms with Crippen molar-refractivity contribution in [2.24, 2.45) is 0 Å². The van der Waals surface area contributed by atoms with Crippen LogP contribution in [-0.2, 0) is 4.79 Å². The summed E-state index contributed by atoms with van der Waals surface area (Å²) in [5.74, 6) is -0.963. The maximum atomic E-state index is 12.5. The number of aliphatic carboxylic acids is 1. The van der Waals surface area contributed by atoms with Crippen LogP contribution in [0.1, 0.15) is 16.8 Å². The number of hydrogen-bond acceptors (Lipinski definition) is 4. The molecule has 0 saturated heterocycles. The minimum Gasteiger partial charge on any atom is -0.481 e. The fraction of sp³-hybridized carbons (Fsp3) is 0.143. The average molecular weight is 287 g/mol. The molecule has 1 aromatic rings. The highest BCUT2D eigenvalue weighted by atomic mass is 16.4. The number of allylic oxidation sites excluding steroid dienone is 1. The molecule has 1 aromatic carbocycles. The molecule has 7 nitrogen and oxygen atoms in total. The number of rotatable bonds is 4. The number of amides is 1. The predicted octanol–water partition coefficient (Wildman–Crippen LogP) is -0.126. The lowest BCUT2D eigenvalue weighted by molar-refractivity contribution is -0.137. The molecule has 5 N–H and O–H groups in total. The van der Waals surface area contributed by atoms with Gasteiger partial charge in [0.2, 0.25) is 0 Å². The van der Waals surface area contributed by atoms with E-state index in [0.29, 0.717) is 22.8 Å². The zero-order valence-electron chi connectivity index (χ0n) is 11.2. The van der Waals surface area contributed by atoms with Gasteiger partial charge in [-0.1, -0.05) is 0 Å². The third kappa shape index (κ3) is 3.29. The molecular formula is C14H15N4O3+. The second-order valence-corrected chi connectivity index (χ2v) is 4.44. The van der Waals surface area contributed by atoms with E-state index >= 15 is 0 Å². The number of amidine groups is 1. The highest BCUT2D eigenvalue weighted by molar-refractivity contribution is 6.13. The zero-order chi connectivity index (χ0) is 15.4. The van der Waals surface area contributed by atoms with Crippen molar-refractivity contribution in [3.05, 3.63) is 35.9 Å². The molecule has 108 valence electrons. The fourth-order valence-corrected chi connectivity index (χ4v) is 1.84. The van der Waals surface area contributed by atoms with Crippen LogP contribution in [0, 0.1) is 0 Å². The molecule has 0 aromatic heterocycles. The number of nitrogens with two attached hydrogens (primary N) is 2. The van der Waals surface area contributed by atoms with E-state index in [4.69, 9.17) is 16.6 Å². The summed E-state index contributed by atoms with van der Waals surface area (Å²) < 4.78 is 4.04. The van der Waals surface area contributed by atoms with Gasteiger partial charge in [0, 0.05) is 6.08 Å². The van der Waals surface area contributed by atoms with Crippen molar-refractivity contribution in [1.82, 2.24) is 9.57 Å². The molecule has 0 aliphatic carbocycles. The second-order valence-electron chi connectivity index (χ2n) is 4.44. The average Bonchev–Trinajstić information content (AvgIpc) is 2.95. The van der Waals surface area contributed by atoms with Gasteiger partial charge in [-0.3, -0.25) is 4.79 Å². The molecule has 0 spiro atoms. The lowest BCUT2D eigenvalue weighted by Gasteiger charge is -2.12. The summed E-state index contributed by atoms with van der Waals surface area (Å²) in [5.41, 5.74) is 12.3. The first-order valence-electron chi connectivity index (χ1n) is 6.25. The summed E-state index contributed by atoms with van der Waals surface area (Å²) in [6.07, 6.45) is 4.67. The number of carboxylic acids is 1. The summed E-state index contributed by atoms with van der Waals surface area (Å²) in [4.78, 5) is 24.6. The van der Waals surface area contributed by atoms with Gasteiger partial charge in [0.05, 0.1) is 29.4 Å². The molecule has 2 rings (SSSR count). The van der Waals surface area contributed by atoms with Crippen LogP contribution < -0.4 is 16.1 Å². The van der Waals surface area contributed by atoms with E-state index in [2.05, 4.69) is 4.67 Å². The van der Waals surface area contributed by atoms with Crippen molar-refractivity contribution < 1.29 is 14.7 Å². The number of benzene rings is 1. The first-order valence-corrected chi connectivity index (χ1v) is 6.25. The normalized spacial score (nSPS) is 12.3. The third-order valence-electron chi connectivity index (χ3n) is 2.94. The summed E-state index contributed by atoms with van der Waals surface area (Å²) in [6, 6.07) is 4.55. The Bertz CT molecular complexity index is 687. The molecular weight excluding hydrogens is 272 g/mol. The summed E-state index contributed by atoms with van der Waals surface area (Å²) in [6.45, 7) is 0.0233. The van der Waals surface area contributed by atoms with Crippen LogP contribution in [-0.4, -0.2) is 40.5 Å². The van der Waals surface area contributed by atoms with Gasteiger partial charge in [0.15, 0.2) is 6.21 Å². The maximum absolute atomic E-state index is 12.5. The molecule has 1 heterocycles. The first-order chi connectivity index (χ1) is 9.99. The molecule has 0 unspecified atom stereocenters. The Morgan fingerprint density at radius 3 is 2.57 bits per heavy atom. The van der Waals surface area contributed by atoms with Crippen LogP contribution in [0.5, 0.6) is 0 Å². The van der Waals surface area contributed by atoms with E-state index in [-0.39, 0.29) is 18.9 Å². The molecule has 0 saturated carbocycles. The van der Waals surface area contributed by atoms with E-state index in [1.54, 1.807) is 18.2 Å². The van der Waals surface area contributed by atoms with Crippen molar-refractivity contribution in [1.29, 1.82) is 0 Å². The van der Waals surface area contributed by atoms with Crippen molar-refractivity contribution in [3.8, 4) is 0 Å². The van der Waals surface area contributed by atoms with E-state index < -0.39 is 5.97 Å². The Labute approximate surface area is 120 Å². The molecule has 0 radical (unpaired) electrons. The number of nitrogens with zero attached hydrogens (tertiary/aromatic N) is 2. The van der Waals surface area contributed by atoms with Gasteiger partial charge in [-0.05, 0) is 18.2 Å². The number of carboxylic acid groups (broad SMARTS) is 1. The van der Waals surface area contributed by atoms with E-state index in [0.717, 1.165) is 0 Å². The SMILES string of the molecule is Nc1ccc(C(=O)N(CCC(=O)O)C2=[N+]=CC=C2)cc1N. The van der Waals surface area contributed by atoms with E-state index in [1.165, 1.54) is 23.2 Å². The standard InChI is InChI=1S/C14H14N4O3/c15-10-4-3-9(8-11(10)16)14(21)18(7-5-13(19)20)12-2-1-6-17-12/h1-4,6,8,15-17H,5,7H2,(H,19,20)/p+1. The monoisotopic (exact) mass is 287 g/mol. The van der Waals surface area contributed by atoms with Crippen LogP contribution in [0.2, 0.25) is 0 Å². The predicted molar refractivity (Wildman–Crippen MR) is 80.9 cm³/mol. The topological polar surface area (TPSA) is 124 Å². The summed E-state index contributed by atoms with van der Waals surface area (Å²) >= 11 is 0. The van der Waals surface area contributed by atoms with Crippen molar-refractivity contribution in [2.75, 3.05) is 18.0 Å². The minimum atomic E-state index is -0.990. The molecule has 0 fully saturated rings. The Kier molecular flexibility index (Phi) is 4.06. The number of hydrogen-bond donors (Lipinski definition) is 3. The van der Waals surface area contributed by atoms with Gasteiger partial charge in [-0.2, -0.15) is 4.90 Å². The third-order valence-corrected chi connectivity index (χ3v) is 2.94. The Morgan fingerprint density at radius 1 is 1.24 bits per heavy atom. The molecule has 1 aliphatic rings. The number of anilines is 2. The van der Waals surface area contributed by atoms with Crippen LogP contribution in [0.15, 0.2) is 30.4 Å². The smallest absolute Gasteiger partial charge is 0.377 e. The fourth-order valence-electron chi connectivity index (χ4n) is 1.84.